The molecule has 0 fully saturated rings. The number of carbonyl (C=O) groups is 1. The van der Waals surface area contributed by atoms with Crippen molar-refractivity contribution in [3.8, 4) is 15.8 Å². The van der Waals surface area contributed by atoms with Crippen LogP contribution in [-0.4, -0.2) is 28.7 Å². The average molecular weight is 710 g/mol. The predicted octanol–water partition coefficient (Wildman–Crippen LogP) is 10.7. The first-order valence-corrected chi connectivity index (χ1v) is 18.5. The Morgan fingerprint density at radius 2 is 1.69 bits per heavy atom. The fourth-order valence-corrected chi connectivity index (χ4v) is 11.9. The van der Waals surface area contributed by atoms with E-state index in [0.29, 0.717) is 16.8 Å². The van der Waals surface area contributed by atoms with Gasteiger partial charge < -0.3 is 9.58 Å². The molecule has 0 atom stereocenters. The van der Waals surface area contributed by atoms with Gasteiger partial charge in [0.1, 0.15) is 11.6 Å². The maximum atomic E-state index is 14.8. The van der Waals surface area contributed by atoms with E-state index < -0.39 is 18.9 Å². The largest absolute Gasteiger partial charge is 0.677 e. The minimum atomic E-state index is -2.91. The molecule has 6 rings (SSSR count). The molecule has 0 amide bonds. The van der Waals surface area contributed by atoms with E-state index in [0.717, 1.165) is 30.4 Å². The van der Waals surface area contributed by atoms with Gasteiger partial charge in [-0.25, -0.2) is 4.79 Å². The highest BCUT2D eigenvalue weighted by Gasteiger charge is 2.32. The van der Waals surface area contributed by atoms with Gasteiger partial charge in [-0.15, -0.1) is 22.7 Å². The van der Waals surface area contributed by atoms with Gasteiger partial charge in [0.15, 0.2) is 0 Å². The Bertz CT molecular complexity index is 2020. The van der Waals surface area contributed by atoms with E-state index in [4.69, 9.17) is 4.99 Å². The lowest BCUT2D eigenvalue weighted by Gasteiger charge is -2.15. The number of aromatic nitrogens is 1. The van der Waals surface area contributed by atoms with Crippen molar-refractivity contribution in [2.75, 3.05) is 0 Å². The Labute approximate surface area is 284 Å². The minimum Gasteiger partial charge on any atom is -0.477 e. The lowest BCUT2D eigenvalue weighted by molar-refractivity contribution is -0.132. The fourth-order valence-electron chi connectivity index (χ4n) is 5.17. The number of thiophene rings is 2. The average Bonchev–Trinajstić information content (AvgIpc) is 3.83. The number of aliphatic imine (C=N–C) groups is 1. The number of nitrogens with zero attached hydrogens (tertiary/aromatic N) is 3. The summed E-state index contributed by atoms with van der Waals surface area (Å²) in [6, 6.07) is 9.83. The van der Waals surface area contributed by atoms with E-state index in [2.05, 4.69) is 28.4 Å². The molecular weight excluding hydrogens is 688 g/mol. The van der Waals surface area contributed by atoms with Gasteiger partial charge >= 0.3 is 13.4 Å². The van der Waals surface area contributed by atoms with Crippen LogP contribution in [0.1, 0.15) is 46.1 Å². The summed E-state index contributed by atoms with van der Waals surface area (Å²) in [6.45, 7) is 6.96. The molecule has 1 N–H and O–H groups in total. The van der Waals surface area contributed by atoms with E-state index in [1.165, 1.54) is 42.6 Å². The van der Waals surface area contributed by atoms with Crippen molar-refractivity contribution in [3.05, 3.63) is 104 Å². The van der Waals surface area contributed by atoms with E-state index in [1.807, 2.05) is 32.1 Å². The lowest BCUT2D eigenvalue weighted by atomic mass is 9.98. The Hall–Kier alpha value is -2.93. The van der Waals surface area contributed by atoms with Crippen LogP contribution >= 0.6 is 69.7 Å². The number of halogens is 2. The highest BCUT2D eigenvalue weighted by Crippen LogP contribution is 2.57. The molecule has 3 aromatic rings. The van der Waals surface area contributed by atoms with E-state index in [9.17, 15) is 23.8 Å². The summed E-state index contributed by atoms with van der Waals surface area (Å²) in [5, 5.41) is 25.3. The van der Waals surface area contributed by atoms with Crippen LogP contribution in [0.3, 0.4) is 0 Å². The highest BCUT2D eigenvalue weighted by atomic mass is 32.2. The number of carboxylic acid groups (broad SMARTS) is 1. The van der Waals surface area contributed by atoms with Crippen LogP contribution in [0.2, 0.25) is 0 Å². The van der Waals surface area contributed by atoms with Crippen molar-refractivity contribution in [1.29, 1.82) is 5.26 Å². The fraction of sp³-hybridized carbons (Fsp3) is 0.129. The molecule has 0 unspecified atom stereocenters. The summed E-state index contributed by atoms with van der Waals surface area (Å²) in [6.07, 6.45) is 3.09. The molecule has 3 aliphatic heterocycles. The number of nitriles is 1. The zero-order valence-electron chi connectivity index (χ0n) is 24.2. The van der Waals surface area contributed by atoms with Crippen molar-refractivity contribution < 1.29 is 18.5 Å². The zero-order valence-corrected chi connectivity index (χ0v) is 29.1. The summed E-state index contributed by atoms with van der Waals surface area (Å²) in [5.41, 5.74) is 3.37. The standard InChI is InChI=1S/C31H22BF2N3O2S6/c1-15-11-16(2)36-27(15)26(28-17(3)20(12-19(13-35)29(38)39)18(4)37(28)32(33)34)24-8-7-22(44-24)21-5-6-23(43-21)25-14-42-31(45-25)30-40-9-10-41-30/h5-12,14H,1-4H3,(H,38,39)/b19-12+,27-26-. The Kier molecular flexibility index (Phi) is 9.30. The molecule has 5 nitrogen and oxygen atoms in total. The number of hydrogen-bond donors (Lipinski definition) is 1. The van der Waals surface area contributed by atoms with Crippen LogP contribution < -0.4 is 0 Å². The first-order valence-electron chi connectivity index (χ1n) is 13.4. The zero-order chi connectivity index (χ0) is 32.0. The second-order valence-corrected chi connectivity index (χ2v) is 16.5. The van der Waals surface area contributed by atoms with Crippen LogP contribution in [0.25, 0.3) is 26.3 Å². The van der Waals surface area contributed by atoms with Crippen molar-refractivity contribution in [2.45, 2.75) is 27.7 Å². The van der Waals surface area contributed by atoms with Crippen molar-refractivity contribution in [3.63, 3.8) is 0 Å². The molecular formula is C31H22BF2N3O2S6. The molecule has 3 aliphatic rings. The third-order valence-electron chi connectivity index (χ3n) is 7.14. The van der Waals surface area contributed by atoms with Gasteiger partial charge in [-0.1, -0.05) is 47.0 Å². The first kappa shape index (κ1) is 32.0. The predicted molar refractivity (Wildman–Crippen MR) is 194 cm³/mol. The van der Waals surface area contributed by atoms with Crippen molar-refractivity contribution in [1.82, 2.24) is 4.48 Å². The van der Waals surface area contributed by atoms with Gasteiger partial charge in [0.2, 0.25) is 0 Å². The Balaban J connectivity index is 1.44. The molecule has 0 aromatic carbocycles. The van der Waals surface area contributed by atoms with Gasteiger partial charge in [0.25, 0.3) is 0 Å². The van der Waals surface area contributed by atoms with E-state index in [-0.39, 0.29) is 17.0 Å². The molecule has 0 saturated heterocycles. The van der Waals surface area contributed by atoms with Crippen LogP contribution in [0.5, 0.6) is 0 Å². The van der Waals surface area contributed by atoms with E-state index in [1.54, 1.807) is 71.4 Å². The smallest absolute Gasteiger partial charge is 0.477 e. The van der Waals surface area contributed by atoms with Gasteiger partial charge in [0.05, 0.1) is 14.2 Å². The number of allylic oxidation sites excluding steroid dienone is 2. The summed E-state index contributed by atoms with van der Waals surface area (Å²) in [4.78, 5) is 21.6. The summed E-state index contributed by atoms with van der Waals surface area (Å²) in [7, 11) is -2.91. The van der Waals surface area contributed by atoms with Crippen LogP contribution in [0.15, 0.2) is 76.9 Å². The second kappa shape index (κ2) is 13.1. The number of thioether (sulfide) groups is 4. The molecule has 14 heteroatoms. The molecule has 226 valence electrons. The van der Waals surface area contributed by atoms with Crippen molar-refractivity contribution in [2.24, 2.45) is 4.99 Å². The third kappa shape index (κ3) is 6.14. The topological polar surface area (TPSA) is 78.4 Å². The normalized spacial score (nSPS) is 17.5. The third-order valence-corrected chi connectivity index (χ3v) is 14.7. The monoisotopic (exact) mass is 709 g/mol. The summed E-state index contributed by atoms with van der Waals surface area (Å²) in [5.74, 6) is -1.42. The molecule has 45 heavy (non-hydrogen) atoms. The summed E-state index contributed by atoms with van der Waals surface area (Å²) >= 11 is 10.2. The van der Waals surface area contributed by atoms with Crippen LogP contribution in [-0.2, 0) is 4.79 Å². The van der Waals surface area contributed by atoms with Gasteiger partial charge in [-0.3, -0.25) is 13.6 Å². The SMILES string of the molecule is CC1=CC(C)=N/C1=C(/c1ccc(-c2ccc(C3=CSC(=C4SC=CS4)S3)s2)s1)c1c(C)c(/C=C(\C#N)C(=O)O)c(C)n1B(F)F. The van der Waals surface area contributed by atoms with E-state index >= 15 is 0 Å². The number of rotatable bonds is 7. The second-order valence-electron chi connectivity index (χ2n) is 10.0. The van der Waals surface area contributed by atoms with Gasteiger partial charge in [-0.2, -0.15) is 5.26 Å². The molecule has 0 radical (unpaired) electrons. The number of hydrogen-bond acceptors (Lipinski definition) is 9. The molecule has 6 heterocycles. The molecule has 0 spiro atoms. The maximum absolute atomic E-state index is 14.8. The number of aliphatic carboxylic acids is 1. The lowest BCUT2D eigenvalue weighted by Crippen LogP contribution is -2.18. The maximum Gasteiger partial charge on any atom is 0.677 e. The Morgan fingerprint density at radius 3 is 2.33 bits per heavy atom. The highest BCUT2D eigenvalue weighted by molar-refractivity contribution is 8.35. The Morgan fingerprint density at radius 1 is 1.00 bits per heavy atom. The number of carboxylic acids is 1. The van der Waals surface area contributed by atoms with Crippen LogP contribution in [0, 0.1) is 25.2 Å². The van der Waals surface area contributed by atoms with Gasteiger partial charge in [0, 0.05) is 47.1 Å². The molecule has 0 bridgehead atoms. The summed E-state index contributed by atoms with van der Waals surface area (Å²) < 4.78 is 33.1. The molecule has 0 aliphatic carbocycles. The quantitative estimate of drug-likeness (QED) is 0.149. The van der Waals surface area contributed by atoms with Crippen LogP contribution in [0.4, 0.5) is 8.63 Å². The van der Waals surface area contributed by atoms with Crippen molar-refractivity contribution >= 4 is 105 Å². The first-order chi connectivity index (χ1) is 21.6. The molecule has 3 aromatic heterocycles. The van der Waals surface area contributed by atoms with Gasteiger partial charge in [-0.05, 0) is 97.0 Å². The molecule has 0 saturated carbocycles. The minimum absolute atomic E-state index is 0.171.